The largest absolute Gasteiger partial charge is 0.481 e. The van der Waals surface area contributed by atoms with Crippen LogP contribution in [0.15, 0.2) is 18.2 Å². The molecule has 1 aromatic carbocycles. The summed E-state index contributed by atoms with van der Waals surface area (Å²) in [6.07, 6.45) is 0.462. The number of sulfonamides is 1. The first kappa shape index (κ1) is 17.2. The molecule has 1 heterocycles. The van der Waals surface area contributed by atoms with Crippen molar-refractivity contribution >= 4 is 27.6 Å². The first-order valence-electron chi connectivity index (χ1n) is 6.83. The van der Waals surface area contributed by atoms with Crippen LogP contribution in [0.5, 0.6) is 0 Å². The Labute approximate surface area is 133 Å². The highest BCUT2D eigenvalue weighted by Crippen LogP contribution is 2.26. The number of carboxylic acid groups (broad SMARTS) is 1. The molecule has 0 spiro atoms. The van der Waals surface area contributed by atoms with E-state index in [1.54, 1.807) is 0 Å². The number of hydrogen-bond acceptors (Lipinski definition) is 3. The third-order valence-corrected chi connectivity index (χ3v) is 5.77. The smallest absolute Gasteiger partial charge is 0.307 e. The van der Waals surface area contributed by atoms with E-state index >= 15 is 0 Å². The normalized spacial score (nSPS) is 23.4. The van der Waals surface area contributed by atoms with Gasteiger partial charge in [-0.2, -0.15) is 0 Å². The number of aliphatic carboxylic acids is 1. The molecule has 1 aromatic rings. The Bertz CT molecular complexity index is 679. The van der Waals surface area contributed by atoms with Crippen LogP contribution in [0.2, 0.25) is 5.02 Å². The molecule has 0 saturated carbocycles. The lowest BCUT2D eigenvalue weighted by molar-refractivity contribution is -0.143. The maximum absolute atomic E-state index is 13.1. The lowest BCUT2D eigenvalue weighted by Gasteiger charge is -2.33. The van der Waals surface area contributed by atoms with E-state index in [1.165, 1.54) is 16.4 Å². The zero-order valence-electron chi connectivity index (χ0n) is 12.0. The van der Waals surface area contributed by atoms with Crippen LogP contribution in [0.3, 0.4) is 0 Å². The van der Waals surface area contributed by atoms with Crippen LogP contribution in [0, 0.1) is 17.7 Å². The van der Waals surface area contributed by atoms with Gasteiger partial charge in [-0.05, 0) is 30.0 Å². The van der Waals surface area contributed by atoms with Crippen molar-refractivity contribution in [1.82, 2.24) is 4.31 Å². The third kappa shape index (κ3) is 3.97. The van der Waals surface area contributed by atoms with Crippen molar-refractivity contribution in [1.29, 1.82) is 0 Å². The number of carboxylic acids is 1. The number of benzene rings is 1. The number of hydrogen-bond donors (Lipinski definition) is 1. The molecule has 0 amide bonds. The van der Waals surface area contributed by atoms with Crippen molar-refractivity contribution in [3.8, 4) is 0 Å². The Hall–Kier alpha value is -1.18. The number of nitrogens with zero attached hydrogens (tertiary/aromatic N) is 1. The highest BCUT2D eigenvalue weighted by Gasteiger charge is 2.35. The van der Waals surface area contributed by atoms with Crippen molar-refractivity contribution in [2.75, 3.05) is 13.1 Å². The van der Waals surface area contributed by atoms with Crippen LogP contribution in [-0.2, 0) is 20.6 Å². The second kappa shape index (κ2) is 6.52. The highest BCUT2D eigenvalue weighted by molar-refractivity contribution is 7.88. The van der Waals surface area contributed by atoms with Crippen LogP contribution >= 0.6 is 11.6 Å². The lowest BCUT2D eigenvalue weighted by atomic mass is 9.92. The first-order valence-corrected chi connectivity index (χ1v) is 8.82. The lowest BCUT2D eigenvalue weighted by Crippen LogP contribution is -2.45. The molecule has 0 aliphatic carbocycles. The van der Waals surface area contributed by atoms with Gasteiger partial charge in [-0.25, -0.2) is 17.1 Å². The molecule has 5 nitrogen and oxygen atoms in total. The Morgan fingerprint density at radius 3 is 2.73 bits per heavy atom. The fraction of sp³-hybridized carbons (Fsp3) is 0.500. The van der Waals surface area contributed by atoms with E-state index in [9.17, 15) is 17.6 Å². The van der Waals surface area contributed by atoms with Gasteiger partial charge in [-0.15, -0.1) is 0 Å². The van der Waals surface area contributed by atoms with Gasteiger partial charge in [0.2, 0.25) is 10.0 Å². The molecule has 122 valence electrons. The number of rotatable bonds is 4. The van der Waals surface area contributed by atoms with Gasteiger partial charge in [-0.3, -0.25) is 4.79 Å². The summed E-state index contributed by atoms with van der Waals surface area (Å²) in [7, 11) is -3.68. The van der Waals surface area contributed by atoms with Crippen molar-refractivity contribution in [3.63, 3.8) is 0 Å². The molecule has 22 heavy (non-hydrogen) atoms. The molecular weight excluding hydrogens is 333 g/mol. The minimum absolute atomic E-state index is 0.0265. The van der Waals surface area contributed by atoms with E-state index in [4.69, 9.17) is 16.7 Å². The van der Waals surface area contributed by atoms with Gasteiger partial charge in [0.15, 0.2) is 0 Å². The molecule has 0 aromatic heterocycles. The minimum atomic E-state index is -3.68. The number of carbonyl (C=O) groups is 1. The van der Waals surface area contributed by atoms with Crippen LogP contribution in [-0.4, -0.2) is 36.9 Å². The molecule has 1 saturated heterocycles. The summed E-state index contributed by atoms with van der Waals surface area (Å²) in [5.41, 5.74) is 0.372. The zero-order chi connectivity index (χ0) is 16.5. The maximum atomic E-state index is 13.1. The Balaban J connectivity index is 2.18. The summed E-state index contributed by atoms with van der Waals surface area (Å²) < 4.78 is 39.2. The molecule has 0 bridgehead atoms. The fourth-order valence-corrected chi connectivity index (χ4v) is 4.52. The van der Waals surface area contributed by atoms with E-state index in [-0.39, 0.29) is 23.2 Å². The average molecular weight is 350 g/mol. The van der Waals surface area contributed by atoms with E-state index < -0.39 is 27.7 Å². The standard InChI is InChI=1S/C14H17ClFNO4S/c1-9-4-11(14(18)19)7-17(6-9)22(20,21)8-10-2-3-13(16)12(15)5-10/h2-3,5,9,11H,4,6-8H2,1H3,(H,18,19). The van der Waals surface area contributed by atoms with Gasteiger partial charge in [0, 0.05) is 13.1 Å². The monoisotopic (exact) mass is 349 g/mol. The van der Waals surface area contributed by atoms with Crippen LogP contribution in [0.4, 0.5) is 4.39 Å². The fourth-order valence-electron chi connectivity index (χ4n) is 2.64. The molecular formula is C14H17ClFNO4S. The summed E-state index contributed by atoms with van der Waals surface area (Å²) in [6, 6.07) is 3.75. The van der Waals surface area contributed by atoms with Crippen LogP contribution < -0.4 is 0 Å². The summed E-state index contributed by atoms with van der Waals surface area (Å²) in [6.45, 7) is 2.09. The topological polar surface area (TPSA) is 74.7 Å². The summed E-state index contributed by atoms with van der Waals surface area (Å²) in [5, 5.41) is 8.98. The first-order chi connectivity index (χ1) is 10.2. The van der Waals surface area contributed by atoms with Crippen molar-refractivity contribution in [3.05, 3.63) is 34.6 Å². The predicted molar refractivity (Wildman–Crippen MR) is 80.5 cm³/mol. The molecule has 2 rings (SSSR count). The Morgan fingerprint density at radius 2 is 2.14 bits per heavy atom. The summed E-state index contributed by atoms with van der Waals surface area (Å²) in [4.78, 5) is 11.1. The number of piperidine rings is 1. The number of halogens is 2. The van der Waals surface area contributed by atoms with Gasteiger partial charge >= 0.3 is 5.97 Å². The molecule has 2 atom stereocenters. The average Bonchev–Trinajstić information content (AvgIpc) is 2.42. The van der Waals surface area contributed by atoms with Gasteiger partial charge in [0.1, 0.15) is 5.82 Å². The van der Waals surface area contributed by atoms with Gasteiger partial charge in [0.05, 0.1) is 16.7 Å². The Kier molecular flexibility index (Phi) is 5.09. The van der Waals surface area contributed by atoms with Crippen LogP contribution in [0.1, 0.15) is 18.9 Å². The SMILES string of the molecule is CC1CC(C(=O)O)CN(S(=O)(=O)Cc2ccc(F)c(Cl)c2)C1. The Morgan fingerprint density at radius 1 is 1.45 bits per heavy atom. The van der Waals surface area contributed by atoms with Crippen LogP contribution in [0.25, 0.3) is 0 Å². The van der Waals surface area contributed by atoms with Crippen molar-refractivity contribution < 1.29 is 22.7 Å². The molecule has 1 fully saturated rings. The van der Waals surface area contributed by atoms with E-state index in [2.05, 4.69) is 0 Å². The molecule has 2 unspecified atom stereocenters. The van der Waals surface area contributed by atoms with E-state index in [0.717, 1.165) is 6.07 Å². The molecule has 8 heteroatoms. The van der Waals surface area contributed by atoms with E-state index in [0.29, 0.717) is 18.5 Å². The maximum Gasteiger partial charge on any atom is 0.307 e. The van der Waals surface area contributed by atoms with Gasteiger partial charge in [0.25, 0.3) is 0 Å². The molecule has 1 N–H and O–H groups in total. The van der Waals surface area contributed by atoms with E-state index in [1.807, 2.05) is 6.92 Å². The minimum Gasteiger partial charge on any atom is -0.481 e. The second-order valence-corrected chi connectivity index (χ2v) is 8.07. The van der Waals surface area contributed by atoms with Gasteiger partial charge < -0.3 is 5.11 Å². The highest BCUT2D eigenvalue weighted by atomic mass is 35.5. The summed E-state index contributed by atoms with van der Waals surface area (Å²) in [5.74, 6) is -2.65. The molecule has 0 radical (unpaired) electrons. The van der Waals surface area contributed by atoms with Crippen molar-refractivity contribution in [2.24, 2.45) is 11.8 Å². The summed E-state index contributed by atoms with van der Waals surface area (Å²) >= 11 is 5.66. The van der Waals surface area contributed by atoms with Gasteiger partial charge in [-0.1, -0.05) is 24.6 Å². The zero-order valence-corrected chi connectivity index (χ0v) is 13.6. The molecule has 1 aliphatic rings. The van der Waals surface area contributed by atoms with Crippen molar-refractivity contribution in [2.45, 2.75) is 19.1 Å². The quantitative estimate of drug-likeness (QED) is 0.905. The second-order valence-electron chi connectivity index (χ2n) is 5.70. The predicted octanol–water partition coefficient (Wildman–Crippen LogP) is 2.35. The molecule has 1 aliphatic heterocycles. The third-order valence-electron chi connectivity index (χ3n) is 3.70.